The molecule has 1 rings (SSSR count). The maximum absolute atomic E-state index is 9.07. The highest BCUT2D eigenvalue weighted by Gasteiger charge is 2.17. The topological polar surface area (TPSA) is 40.5 Å². The minimum absolute atomic E-state index is 0.634. The van der Waals surface area contributed by atoms with Crippen molar-refractivity contribution in [2.24, 2.45) is 0 Å². The Labute approximate surface area is 73.0 Å². The fourth-order valence-electron chi connectivity index (χ4n) is 1.37. The SMILES string of the molecule is Cc1ccc(C)c(B(O)O)c1C. The van der Waals surface area contributed by atoms with Crippen molar-refractivity contribution in [2.45, 2.75) is 20.8 Å². The first kappa shape index (κ1) is 9.29. The summed E-state index contributed by atoms with van der Waals surface area (Å²) in [5, 5.41) is 18.1. The van der Waals surface area contributed by atoms with Gasteiger partial charge in [0.2, 0.25) is 0 Å². The molecule has 1 aromatic rings. The third-order valence-electron chi connectivity index (χ3n) is 2.26. The van der Waals surface area contributed by atoms with Crippen LogP contribution < -0.4 is 5.46 Å². The minimum Gasteiger partial charge on any atom is -0.423 e. The van der Waals surface area contributed by atoms with Gasteiger partial charge in [-0.2, -0.15) is 0 Å². The van der Waals surface area contributed by atoms with Crippen molar-refractivity contribution >= 4 is 12.6 Å². The van der Waals surface area contributed by atoms with E-state index in [2.05, 4.69) is 0 Å². The van der Waals surface area contributed by atoms with E-state index < -0.39 is 7.12 Å². The lowest BCUT2D eigenvalue weighted by Gasteiger charge is -2.10. The van der Waals surface area contributed by atoms with Crippen LogP contribution in [0.3, 0.4) is 0 Å². The zero-order chi connectivity index (χ0) is 9.30. The summed E-state index contributed by atoms with van der Waals surface area (Å²) in [5.41, 5.74) is 3.61. The second kappa shape index (κ2) is 3.29. The number of aryl methyl sites for hydroxylation is 2. The molecule has 12 heavy (non-hydrogen) atoms. The number of hydrogen-bond donors (Lipinski definition) is 2. The van der Waals surface area contributed by atoms with E-state index in [0.717, 1.165) is 16.7 Å². The first-order valence-corrected chi connectivity index (χ1v) is 3.97. The monoisotopic (exact) mass is 164 g/mol. The third-order valence-corrected chi connectivity index (χ3v) is 2.26. The van der Waals surface area contributed by atoms with E-state index in [0.29, 0.717) is 5.46 Å². The first-order chi connectivity index (χ1) is 5.54. The molecule has 0 heterocycles. The van der Waals surface area contributed by atoms with Gasteiger partial charge in [-0.3, -0.25) is 0 Å². The number of rotatable bonds is 1. The van der Waals surface area contributed by atoms with Crippen molar-refractivity contribution in [2.75, 3.05) is 0 Å². The average molecular weight is 164 g/mol. The Morgan fingerprint density at radius 1 is 1.00 bits per heavy atom. The second-order valence-corrected chi connectivity index (χ2v) is 3.11. The van der Waals surface area contributed by atoms with E-state index >= 15 is 0 Å². The van der Waals surface area contributed by atoms with E-state index in [4.69, 9.17) is 10.0 Å². The fourth-order valence-corrected chi connectivity index (χ4v) is 1.37. The average Bonchev–Trinajstić information content (AvgIpc) is 1.97. The Kier molecular flexibility index (Phi) is 2.55. The van der Waals surface area contributed by atoms with Gasteiger partial charge in [0.1, 0.15) is 0 Å². The van der Waals surface area contributed by atoms with Crippen LogP contribution in [0, 0.1) is 20.8 Å². The van der Waals surface area contributed by atoms with Crippen LogP contribution in [-0.4, -0.2) is 17.2 Å². The normalized spacial score (nSPS) is 10.1. The highest BCUT2D eigenvalue weighted by molar-refractivity contribution is 6.59. The molecular formula is C9H13BO2. The van der Waals surface area contributed by atoms with Gasteiger partial charge in [0, 0.05) is 0 Å². The quantitative estimate of drug-likeness (QED) is 0.585. The molecule has 3 heteroatoms. The molecule has 0 fully saturated rings. The van der Waals surface area contributed by atoms with Crippen LogP contribution in [-0.2, 0) is 0 Å². The summed E-state index contributed by atoms with van der Waals surface area (Å²) in [4.78, 5) is 0. The minimum atomic E-state index is -1.36. The maximum atomic E-state index is 9.07. The molecule has 0 bridgehead atoms. The lowest BCUT2D eigenvalue weighted by molar-refractivity contribution is 0.425. The summed E-state index contributed by atoms with van der Waals surface area (Å²) in [7, 11) is -1.36. The van der Waals surface area contributed by atoms with Gasteiger partial charge in [-0.25, -0.2) is 0 Å². The third kappa shape index (κ3) is 1.52. The molecule has 64 valence electrons. The molecule has 0 aliphatic heterocycles. The van der Waals surface area contributed by atoms with Gasteiger partial charge in [0.15, 0.2) is 0 Å². The van der Waals surface area contributed by atoms with Gasteiger partial charge in [-0.15, -0.1) is 0 Å². The van der Waals surface area contributed by atoms with Crippen molar-refractivity contribution < 1.29 is 10.0 Å². The van der Waals surface area contributed by atoms with E-state index in [-0.39, 0.29) is 0 Å². The maximum Gasteiger partial charge on any atom is 0.488 e. The van der Waals surface area contributed by atoms with Crippen molar-refractivity contribution in [1.82, 2.24) is 0 Å². The Morgan fingerprint density at radius 3 is 1.92 bits per heavy atom. The Bertz CT molecular complexity index is 295. The van der Waals surface area contributed by atoms with Gasteiger partial charge in [0.05, 0.1) is 0 Å². The zero-order valence-electron chi connectivity index (χ0n) is 7.63. The molecule has 2 N–H and O–H groups in total. The molecule has 0 unspecified atom stereocenters. The Morgan fingerprint density at radius 2 is 1.50 bits per heavy atom. The van der Waals surface area contributed by atoms with E-state index in [9.17, 15) is 0 Å². The standard InChI is InChI=1S/C9H13BO2/c1-6-4-5-7(2)9(8(6)3)10(11)12/h4-5,11-12H,1-3H3. The van der Waals surface area contributed by atoms with Crippen LogP contribution in [0.15, 0.2) is 12.1 Å². The summed E-state index contributed by atoms with van der Waals surface area (Å²) < 4.78 is 0. The van der Waals surface area contributed by atoms with E-state index in [1.165, 1.54) is 0 Å². The number of hydrogen-bond acceptors (Lipinski definition) is 2. The molecule has 0 aliphatic carbocycles. The molecule has 0 spiro atoms. The van der Waals surface area contributed by atoms with Crippen molar-refractivity contribution in [3.8, 4) is 0 Å². The molecule has 0 saturated carbocycles. The summed E-state index contributed by atoms with van der Waals surface area (Å²) in [6.45, 7) is 5.74. The zero-order valence-corrected chi connectivity index (χ0v) is 7.63. The van der Waals surface area contributed by atoms with Crippen LogP contribution in [0.4, 0.5) is 0 Å². The van der Waals surface area contributed by atoms with E-state index in [1.54, 1.807) is 0 Å². The van der Waals surface area contributed by atoms with E-state index in [1.807, 2.05) is 32.9 Å². The largest absolute Gasteiger partial charge is 0.488 e. The van der Waals surface area contributed by atoms with Crippen LogP contribution in [0.1, 0.15) is 16.7 Å². The lowest BCUT2D eigenvalue weighted by atomic mass is 9.73. The van der Waals surface area contributed by atoms with Gasteiger partial charge in [-0.05, 0) is 37.4 Å². The summed E-state index contributed by atoms with van der Waals surface area (Å²) >= 11 is 0. The predicted molar refractivity (Wildman–Crippen MR) is 50.5 cm³/mol. The van der Waals surface area contributed by atoms with Gasteiger partial charge >= 0.3 is 7.12 Å². The fraction of sp³-hybridized carbons (Fsp3) is 0.333. The second-order valence-electron chi connectivity index (χ2n) is 3.11. The van der Waals surface area contributed by atoms with Crippen molar-refractivity contribution in [3.63, 3.8) is 0 Å². The Balaban J connectivity index is 3.33. The van der Waals surface area contributed by atoms with Crippen molar-refractivity contribution in [3.05, 3.63) is 28.8 Å². The molecule has 0 atom stereocenters. The van der Waals surface area contributed by atoms with Crippen LogP contribution >= 0.6 is 0 Å². The molecular weight excluding hydrogens is 151 g/mol. The molecule has 0 aromatic heterocycles. The highest BCUT2D eigenvalue weighted by atomic mass is 16.4. The van der Waals surface area contributed by atoms with Crippen LogP contribution in [0.25, 0.3) is 0 Å². The van der Waals surface area contributed by atoms with Crippen molar-refractivity contribution in [1.29, 1.82) is 0 Å². The molecule has 0 aliphatic rings. The van der Waals surface area contributed by atoms with Crippen LogP contribution in [0.2, 0.25) is 0 Å². The Hall–Kier alpha value is -0.795. The van der Waals surface area contributed by atoms with Crippen LogP contribution in [0.5, 0.6) is 0 Å². The first-order valence-electron chi connectivity index (χ1n) is 3.97. The van der Waals surface area contributed by atoms with Gasteiger partial charge in [0.25, 0.3) is 0 Å². The lowest BCUT2D eigenvalue weighted by Crippen LogP contribution is -2.34. The van der Waals surface area contributed by atoms with Gasteiger partial charge < -0.3 is 10.0 Å². The number of benzene rings is 1. The highest BCUT2D eigenvalue weighted by Crippen LogP contribution is 2.06. The predicted octanol–water partition coefficient (Wildman–Crippen LogP) is 0.292. The van der Waals surface area contributed by atoms with Gasteiger partial charge in [-0.1, -0.05) is 17.7 Å². The molecule has 0 radical (unpaired) electrons. The summed E-state index contributed by atoms with van der Waals surface area (Å²) in [5.74, 6) is 0. The molecule has 0 amide bonds. The molecule has 0 saturated heterocycles. The molecule has 2 nitrogen and oxygen atoms in total. The summed E-state index contributed by atoms with van der Waals surface area (Å²) in [6, 6.07) is 3.88. The smallest absolute Gasteiger partial charge is 0.423 e. The summed E-state index contributed by atoms with van der Waals surface area (Å²) in [6.07, 6.45) is 0. The molecule has 1 aromatic carbocycles.